The number of carbonyl (C=O) groups excluding carboxylic acids is 2. The Bertz CT molecular complexity index is 457. The van der Waals surface area contributed by atoms with Crippen LogP contribution in [0.25, 0.3) is 0 Å². The molecule has 7 heteroatoms. The Labute approximate surface area is 104 Å². The molecule has 1 unspecified atom stereocenters. The first-order valence-corrected chi connectivity index (χ1v) is 5.79. The van der Waals surface area contributed by atoms with Crippen molar-refractivity contribution in [3.8, 4) is 0 Å². The quantitative estimate of drug-likeness (QED) is 0.722. The number of nitrogens with zero attached hydrogens (tertiary/aromatic N) is 2. The number of aromatic amines is 1. The average Bonchev–Trinajstić information content (AvgIpc) is 2.83. The molecule has 0 saturated carbocycles. The van der Waals surface area contributed by atoms with Gasteiger partial charge in [0.05, 0.1) is 24.9 Å². The molecule has 1 aromatic rings. The van der Waals surface area contributed by atoms with E-state index < -0.39 is 0 Å². The summed E-state index contributed by atoms with van der Waals surface area (Å²) in [7, 11) is 1.36. The van der Waals surface area contributed by atoms with Crippen LogP contribution < -0.4 is 5.73 Å². The predicted molar refractivity (Wildman–Crippen MR) is 63.6 cm³/mol. The van der Waals surface area contributed by atoms with E-state index in [2.05, 4.69) is 10.2 Å². The Hall–Kier alpha value is -2.05. The molecule has 0 aromatic carbocycles. The zero-order valence-electron chi connectivity index (χ0n) is 10.2. The highest BCUT2D eigenvalue weighted by atomic mass is 16.5. The predicted octanol–water partition coefficient (Wildman–Crippen LogP) is 0.0171. The monoisotopic (exact) mass is 252 g/mol. The van der Waals surface area contributed by atoms with Crippen molar-refractivity contribution in [1.82, 2.24) is 15.1 Å². The summed E-state index contributed by atoms with van der Waals surface area (Å²) in [5, 5.41) is 6.30. The molecule has 1 amide bonds. The van der Waals surface area contributed by atoms with Gasteiger partial charge in [-0.1, -0.05) is 0 Å². The van der Waals surface area contributed by atoms with Crippen molar-refractivity contribution in [1.29, 1.82) is 0 Å². The molecule has 0 spiro atoms. The van der Waals surface area contributed by atoms with E-state index in [9.17, 15) is 9.59 Å². The van der Waals surface area contributed by atoms with Crippen LogP contribution >= 0.6 is 0 Å². The number of anilines is 1. The lowest BCUT2D eigenvalue weighted by molar-refractivity contribution is -0.146. The second-order valence-corrected chi connectivity index (χ2v) is 4.31. The zero-order chi connectivity index (χ0) is 13.1. The maximum absolute atomic E-state index is 12.2. The van der Waals surface area contributed by atoms with Gasteiger partial charge in [0.15, 0.2) is 0 Å². The van der Waals surface area contributed by atoms with Gasteiger partial charge in [-0.15, -0.1) is 0 Å². The summed E-state index contributed by atoms with van der Waals surface area (Å²) in [6.07, 6.45) is 2.92. The van der Waals surface area contributed by atoms with E-state index in [1.54, 1.807) is 4.90 Å². The Morgan fingerprint density at radius 3 is 3.00 bits per heavy atom. The van der Waals surface area contributed by atoms with E-state index in [0.29, 0.717) is 18.8 Å². The van der Waals surface area contributed by atoms with Crippen molar-refractivity contribution in [3.63, 3.8) is 0 Å². The third-order valence-electron chi connectivity index (χ3n) is 3.13. The fourth-order valence-corrected chi connectivity index (χ4v) is 2.15. The summed E-state index contributed by atoms with van der Waals surface area (Å²) < 4.78 is 4.71. The topological polar surface area (TPSA) is 101 Å². The van der Waals surface area contributed by atoms with Gasteiger partial charge >= 0.3 is 5.97 Å². The Kier molecular flexibility index (Phi) is 3.50. The molecule has 0 aliphatic carbocycles. The Morgan fingerprint density at radius 1 is 1.61 bits per heavy atom. The number of aromatic nitrogens is 2. The molecule has 1 aliphatic heterocycles. The molecule has 0 bridgehead atoms. The molecule has 3 N–H and O–H groups in total. The fraction of sp³-hybridized carbons (Fsp3) is 0.545. The van der Waals surface area contributed by atoms with E-state index >= 15 is 0 Å². The average molecular weight is 252 g/mol. The first-order valence-electron chi connectivity index (χ1n) is 5.79. The summed E-state index contributed by atoms with van der Waals surface area (Å²) in [6.45, 7) is 0.981. The van der Waals surface area contributed by atoms with E-state index in [1.807, 2.05) is 0 Å². The zero-order valence-corrected chi connectivity index (χ0v) is 10.2. The molecule has 18 heavy (non-hydrogen) atoms. The summed E-state index contributed by atoms with van der Waals surface area (Å²) in [4.78, 5) is 25.3. The van der Waals surface area contributed by atoms with Gasteiger partial charge in [0.2, 0.25) is 0 Å². The normalized spacial score (nSPS) is 19.6. The molecule has 0 radical (unpaired) electrons. The molecule has 7 nitrogen and oxygen atoms in total. The number of esters is 1. The second kappa shape index (κ2) is 5.07. The van der Waals surface area contributed by atoms with Crippen LogP contribution in [-0.2, 0) is 9.53 Å². The van der Waals surface area contributed by atoms with Gasteiger partial charge < -0.3 is 15.4 Å². The molecule has 1 aliphatic rings. The molecular weight excluding hydrogens is 236 g/mol. The van der Waals surface area contributed by atoms with Crippen LogP contribution in [0.1, 0.15) is 23.3 Å². The number of hydrogen-bond acceptors (Lipinski definition) is 5. The second-order valence-electron chi connectivity index (χ2n) is 4.31. The van der Waals surface area contributed by atoms with Crippen LogP contribution in [0.15, 0.2) is 6.20 Å². The highest BCUT2D eigenvalue weighted by Crippen LogP contribution is 2.20. The first kappa shape index (κ1) is 12.4. The number of nitrogens with two attached hydrogens (primary N) is 1. The number of likely N-dealkylation sites (tertiary alicyclic amines) is 1. The minimum Gasteiger partial charge on any atom is -0.469 e. The van der Waals surface area contributed by atoms with Crippen LogP contribution in [0.5, 0.6) is 0 Å². The van der Waals surface area contributed by atoms with Crippen molar-refractivity contribution in [2.24, 2.45) is 5.92 Å². The lowest BCUT2D eigenvalue weighted by atomic mass is 9.98. The molecule has 1 fully saturated rings. The molecule has 2 rings (SSSR count). The highest BCUT2D eigenvalue weighted by Gasteiger charge is 2.30. The number of piperidine rings is 1. The van der Waals surface area contributed by atoms with Crippen molar-refractivity contribution >= 4 is 17.6 Å². The standard InChI is InChI=1S/C11H16N4O3/c1-18-11(17)7-3-2-4-15(6-7)10(16)9-8(12)5-13-14-9/h5,7H,2-4,6,12H2,1H3,(H,13,14). The number of H-pyrrole nitrogens is 1. The smallest absolute Gasteiger partial charge is 0.310 e. The number of methoxy groups -OCH3 is 1. The largest absolute Gasteiger partial charge is 0.469 e. The third-order valence-corrected chi connectivity index (χ3v) is 3.13. The minimum atomic E-state index is -0.273. The van der Waals surface area contributed by atoms with Crippen molar-refractivity contribution in [2.75, 3.05) is 25.9 Å². The Morgan fingerprint density at radius 2 is 2.39 bits per heavy atom. The lowest BCUT2D eigenvalue weighted by Crippen LogP contribution is -2.43. The van der Waals surface area contributed by atoms with Crippen molar-refractivity contribution in [3.05, 3.63) is 11.9 Å². The van der Waals surface area contributed by atoms with Gasteiger partial charge in [-0.05, 0) is 12.8 Å². The van der Waals surface area contributed by atoms with E-state index in [4.69, 9.17) is 10.5 Å². The number of rotatable bonds is 2. The van der Waals surface area contributed by atoms with E-state index in [1.165, 1.54) is 13.3 Å². The maximum atomic E-state index is 12.2. The SMILES string of the molecule is COC(=O)C1CCCN(C(=O)c2[nH]ncc2N)C1. The number of hydrogen-bond donors (Lipinski definition) is 2. The van der Waals surface area contributed by atoms with Gasteiger partial charge in [0, 0.05) is 13.1 Å². The molecule has 98 valence electrons. The molecule has 2 heterocycles. The summed E-state index contributed by atoms with van der Waals surface area (Å²) in [5.74, 6) is -0.750. The molecular formula is C11H16N4O3. The van der Waals surface area contributed by atoms with Gasteiger partial charge in [0.1, 0.15) is 5.69 Å². The van der Waals surface area contributed by atoms with Gasteiger partial charge in [0.25, 0.3) is 5.91 Å². The molecule has 1 aromatic heterocycles. The Balaban J connectivity index is 2.07. The summed E-state index contributed by atoms with van der Waals surface area (Å²) >= 11 is 0. The van der Waals surface area contributed by atoms with Crippen LogP contribution in [0.3, 0.4) is 0 Å². The van der Waals surface area contributed by atoms with Crippen LogP contribution in [0.2, 0.25) is 0 Å². The molecule has 1 saturated heterocycles. The van der Waals surface area contributed by atoms with E-state index in [0.717, 1.165) is 12.8 Å². The fourth-order valence-electron chi connectivity index (χ4n) is 2.15. The van der Waals surface area contributed by atoms with Gasteiger partial charge in [-0.3, -0.25) is 14.7 Å². The number of ether oxygens (including phenoxy) is 1. The minimum absolute atomic E-state index is 0.224. The summed E-state index contributed by atoms with van der Waals surface area (Å²) in [6, 6.07) is 0. The van der Waals surface area contributed by atoms with Crippen LogP contribution in [0, 0.1) is 5.92 Å². The van der Waals surface area contributed by atoms with Gasteiger partial charge in [-0.25, -0.2) is 0 Å². The molecule has 1 atom stereocenters. The van der Waals surface area contributed by atoms with Crippen LogP contribution in [-0.4, -0.2) is 47.2 Å². The third kappa shape index (κ3) is 2.29. The number of carbonyl (C=O) groups is 2. The van der Waals surface area contributed by atoms with Gasteiger partial charge in [-0.2, -0.15) is 5.10 Å². The van der Waals surface area contributed by atoms with Crippen LogP contribution in [0.4, 0.5) is 5.69 Å². The van der Waals surface area contributed by atoms with E-state index in [-0.39, 0.29) is 23.5 Å². The lowest BCUT2D eigenvalue weighted by Gasteiger charge is -2.31. The number of amides is 1. The maximum Gasteiger partial charge on any atom is 0.310 e. The highest BCUT2D eigenvalue weighted by molar-refractivity contribution is 5.97. The van der Waals surface area contributed by atoms with Crippen molar-refractivity contribution < 1.29 is 14.3 Å². The summed E-state index contributed by atoms with van der Waals surface area (Å²) in [5.41, 5.74) is 6.23. The number of nitrogens with one attached hydrogen (secondary N) is 1. The first-order chi connectivity index (χ1) is 8.63. The number of nitrogen functional groups attached to an aromatic ring is 1. The van der Waals surface area contributed by atoms with Crippen molar-refractivity contribution in [2.45, 2.75) is 12.8 Å².